The molecule has 23 heavy (non-hydrogen) atoms. The Bertz CT molecular complexity index is 564. The third-order valence-corrected chi connectivity index (χ3v) is 3.92. The van der Waals surface area contributed by atoms with Gasteiger partial charge < -0.3 is 14.7 Å². The molecule has 0 spiro atoms. The second-order valence-corrected chi connectivity index (χ2v) is 6.45. The Labute approximate surface area is 138 Å². The summed E-state index contributed by atoms with van der Waals surface area (Å²) in [5.41, 5.74) is 2.94. The molecule has 0 aromatic heterocycles. The maximum Gasteiger partial charge on any atom is 0.344 e. The summed E-state index contributed by atoms with van der Waals surface area (Å²) in [6, 6.07) is 6.18. The Balaban J connectivity index is 2.43. The number of nitrogens with zero attached hydrogens (tertiary/aromatic N) is 1. The second kappa shape index (κ2) is 8.56. The molecule has 0 aliphatic carbocycles. The lowest BCUT2D eigenvalue weighted by molar-refractivity contribution is -0.142. The van der Waals surface area contributed by atoms with Gasteiger partial charge in [0.05, 0.1) is 12.3 Å². The maximum absolute atomic E-state index is 10.4. The number of benzene rings is 1. The van der Waals surface area contributed by atoms with Gasteiger partial charge in [-0.25, -0.2) is 4.79 Å². The van der Waals surface area contributed by atoms with E-state index in [4.69, 9.17) is 14.7 Å². The van der Waals surface area contributed by atoms with Gasteiger partial charge in [0.1, 0.15) is 5.75 Å². The van der Waals surface area contributed by atoms with Crippen LogP contribution in [0.5, 0.6) is 5.75 Å². The third-order valence-electron chi connectivity index (χ3n) is 3.92. The average Bonchev–Trinajstić information content (AvgIpc) is 2.46. The van der Waals surface area contributed by atoms with E-state index in [0.29, 0.717) is 6.61 Å². The van der Waals surface area contributed by atoms with E-state index in [1.807, 2.05) is 26.8 Å². The standard InChI is InChI=1S/C18H27NO4/c1-13-7-8-14(2)16(11-13)22-10-6-9-18(4,5)15(3)19-23-12-17(20)21/h7-8,11H,6,9-10,12H2,1-5H3,(H,20,21)/b19-15+. The van der Waals surface area contributed by atoms with Gasteiger partial charge in [0.15, 0.2) is 0 Å². The zero-order valence-electron chi connectivity index (χ0n) is 14.7. The number of carboxylic acid groups (broad SMARTS) is 1. The fraction of sp³-hybridized carbons (Fsp3) is 0.556. The quantitative estimate of drug-likeness (QED) is 0.424. The van der Waals surface area contributed by atoms with E-state index in [2.05, 4.69) is 31.1 Å². The summed E-state index contributed by atoms with van der Waals surface area (Å²) in [6.45, 7) is 10.3. The van der Waals surface area contributed by atoms with Gasteiger partial charge in [-0.15, -0.1) is 0 Å². The van der Waals surface area contributed by atoms with Crippen LogP contribution in [0.1, 0.15) is 44.7 Å². The van der Waals surface area contributed by atoms with Crippen molar-refractivity contribution in [2.45, 2.75) is 47.5 Å². The Kier molecular flexibility index (Phi) is 7.07. The summed E-state index contributed by atoms with van der Waals surface area (Å²) in [7, 11) is 0. The first-order valence-electron chi connectivity index (χ1n) is 7.81. The number of rotatable bonds is 9. The van der Waals surface area contributed by atoms with Crippen LogP contribution in [0.15, 0.2) is 23.4 Å². The zero-order chi connectivity index (χ0) is 17.5. The smallest absolute Gasteiger partial charge is 0.344 e. The summed E-state index contributed by atoms with van der Waals surface area (Å²) in [6.07, 6.45) is 1.76. The van der Waals surface area contributed by atoms with Gasteiger partial charge in [-0.1, -0.05) is 31.1 Å². The number of aryl methyl sites for hydroxylation is 2. The number of oxime groups is 1. The number of hydrogen-bond donors (Lipinski definition) is 1. The molecule has 0 saturated heterocycles. The molecule has 1 N–H and O–H groups in total. The molecule has 5 nitrogen and oxygen atoms in total. The Morgan fingerprint density at radius 3 is 2.65 bits per heavy atom. The molecular formula is C18H27NO4. The summed E-state index contributed by atoms with van der Waals surface area (Å²) in [5.74, 6) is -0.0979. The SMILES string of the molecule is C/C(=N\OCC(=O)O)C(C)(C)CCCOc1cc(C)ccc1C. The van der Waals surface area contributed by atoms with E-state index < -0.39 is 12.6 Å². The highest BCUT2D eigenvalue weighted by atomic mass is 16.6. The number of carboxylic acids is 1. The molecule has 0 bridgehead atoms. The number of carbonyl (C=O) groups is 1. The third kappa shape index (κ3) is 6.72. The summed E-state index contributed by atoms with van der Waals surface area (Å²) in [4.78, 5) is 15.2. The van der Waals surface area contributed by atoms with Crippen LogP contribution in [0.4, 0.5) is 0 Å². The highest BCUT2D eigenvalue weighted by molar-refractivity contribution is 5.86. The van der Waals surface area contributed by atoms with Crippen molar-refractivity contribution in [2.24, 2.45) is 10.6 Å². The molecule has 0 saturated carbocycles. The van der Waals surface area contributed by atoms with Crippen molar-refractivity contribution in [1.82, 2.24) is 0 Å². The topological polar surface area (TPSA) is 68.1 Å². The van der Waals surface area contributed by atoms with Crippen molar-refractivity contribution < 1.29 is 19.5 Å². The van der Waals surface area contributed by atoms with Gasteiger partial charge in [0.2, 0.25) is 6.61 Å². The van der Waals surface area contributed by atoms with E-state index in [9.17, 15) is 4.79 Å². The lowest BCUT2D eigenvalue weighted by Gasteiger charge is -2.24. The molecule has 0 atom stereocenters. The van der Waals surface area contributed by atoms with E-state index in [1.165, 1.54) is 5.56 Å². The van der Waals surface area contributed by atoms with Crippen molar-refractivity contribution in [3.8, 4) is 5.75 Å². The number of hydrogen-bond acceptors (Lipinski definition) is 4. The van der Waals surface area contributed by atoms with E-state index in [1.54, 1.807) is 0 Å². The molecule has 5 heteroatoms. The van der Waals surface area contributed by atoms with Crippen molar-refractivity contribution in [2.75, 3.05) is 13.2 Å². The molecule has 0 aliphatic rings. The summed E-state index contributed by atoms with van der Waals surface area (Å²) < 4.78 is 5.86. The lowest BCUT2D eigenvalue weighted by Crippen LogP contribution is -2.23. The molecule has 0 aliphatic heterocycles. The van der Waals surface area contributed by atoms with Gasteiger partial charge >= 0.3 is 5.97 Å². The first kappa shape index (κ1) is 19.0. The largest absolute Gasteiger partial charge is 0.493 e. The Morgan fingerprint density at radius 2 is 2.00 bits per heavy atom. The van der Waals surface area contributed by atoms with Crippen molar-refractivity contribution >= 4 is 11.7 Å². The highest BCUT2D eigenvalue weighted by Crippen LogP contribution is 2.25. The van der Waals surface area contributed by atoms with Crippen molar-refractivity contribution in [3.63, 3.8) is 0 Å². The van der Waals surface area contributed by atoms with Crippen LogP contribution in [0.3, 0.4) is 0 Å². The summed E-state index contributed by atoms with van der Waals surface area (Å²) >= 11 is 0. The molecule has 0 unspecified atom stereocenters. The molecule has 0 amide bonds. The fourth-order valence-electron chi connectivity index (χ4n) is 2.05. The monoisotopic (exact) mass is 321 g/mol. The molecule has 0 radical (unpaired) electrons. The first-order chi connectivity index (χ1) is 10.7. The minimum Gasteiger partial charge on any atom is -0.493 e. The van der Waals surface area contributed by atoms with E-state index >= 15 is 0 Å². The highest BCUT2D eigenvalue weighted by Gasteiger charge is 2.22. The summed E-state index contributed by atoms with van der Waals surface area (Å²) in [5, 5.41) is 12.4. The fourth-order valence-corrected chi connectivity index (χ4v) is 2.05. The van der Waals surface area contributed by atoms with Crippen LogP contribution < -0.4 is 4.74 Å². The van der Waals surface area contributed by atoms with Crippen molar-refractivity contribution in [1.29, 1.82) is 0 Å². The lowest BCUT2D eigenvalue weighted by atomic mass is 9.83. The first-order valence-corrected chi connectivity index (χ1v) is 7.81. The minimum atomic E-state index is -1.03. The average molecular weight is 321 g/mol. The van der Waals surface area contributed by atoms with Gasteiger partial charge in [-0.2, -0.15) is 0 Å². The van der Waals surface area contributed by atoms with Gasteiger partial charge in [0, 0.05) is 5.41 Å². The molecule has 128 valence electrons. The van der Waals surface area contributed by atoms with E-state index in [-0.39, 0.29) is 5.41 Å². The molecule has 0 fully saturated rings. The normalized spacial score (nSPS) is 12.1. The number of aliphatic carboxylic acids is 1. The van der Waals surface area contributed by atoms with Crippen LogP contribution in [0.2, 0.25) is 0 Å². The zero-order valence-corrected chi connectivity index (χ0v) is 14.7. The van der Waals surface area contributed by atoms with Crippen LogP contribution in [-0.2, 0) is 9.63 Å². The molecule has 1 aromatic carbocycles. The van der Waals surface area contributed by atoms with Crippen LogP contribution in [0.25, 0.3) is 0 Å². The predicted molar refractivity (Wildman–Crippen MR) is 91.1 cm³/mol. The number of ether oxygens (including phenoxy) is 1. The molecule has 1 rings (SSSR count). The Morgan fingerprint density at radius 1 is 1.30 bits per heavy atom. The van der Waals surface area contributed by atoms with Crippen LogP contribution >= 0.6 is 0 Å². The molecular weight excluding hydrogens is 294 g/mol. The molecule has 0 heterocycles. The minimum absolute atomic E-state index is 0.163. The van der Waals surface area contributed by atoms with Gasteiger partial charge in [-0.05, 0) is 50.8 Å². The van der Waals surface area contributed by atoms with E-state index in [0.717, 1.165) is 29.9 Å². The van der Waals surface area contributed by atoms with Crippen LogP contribution in [0, 0.1) is 19.3 Å². The van der Waals surface area contributed by atoms with Crippen LogP contribution in [-0.4, -0.2) is 30.0 Å². The second-order valence-electron chi connectivity index (χ2n) is 6.45. The predicted octanol–water partition coefficient (Wildman–Crippen LogP) is 3.97. The van der Waals surface area contributed by atoms with Gasteiger partial charge in [0.25, 0.3) is 0 Å². The molecule has 1 aromatic rings. The van der Waals surface area contributed by atoms with Crippen molar-refractivity contribution in [3.05, 3.63) is 29.3 Å². The Hall–Kier alpha value is -2.04. The maximum atomic E-state index is 10.4. The van der Waals surface area contributed by atoms with Gasteiger partial charge in [-0.3, -0.25) is 0 Å².